The number of nitrogens with one attached hydrogen (secondary N) is 2. The van der Waals surface area contributed by atoms with Gasteiger partial charge in [0.1, 0.15) is 11.3 Å². The Labute approximate surface area is 158 Å². The van der Waals surface area contributed by atoms with Crippen LogP contribution in [0.5, 0.6) is 0 Å². The maximum Gasteiger partial charge on any atom is 0.407 e. The van der Waals surface area contributed by atoms with Crippen LogP contribution in [0.1, 0.15) is 50.5 Å². The second kappa shape index (κ2) is 10.8. The first-order valence-electron chi connectivity index (χ1n) is 8.50. The number of carbonyl (C=O) groups excluding carboxylic acids is 3. The number of alkyl carbamates (subject to hydrolysis) is 1. The number of unbranched alkanes of at least 4 members (excludes halogenated alkanes) is 1. The lowest BCUT2D eigenvalue weighted by atomic mass is 10.1. The van der Waals surface area contributed by atoms with E-state index in [1.165, 1.54) is 6.20 Å². The number of alkyl halides is 1. The molecule has 2 N–H and O–H groups in total. The monoisotopic (exact) mass is 383 g/mol. The molecule has 0 saturated heterocycles. The van der Waals surface area contributed by atoms with Gasteiger partial charge in [0, 0.05) is 12.7 Å². The van der Waals surface area contributed by atoms with E-state index in [0.717, 1.165) is 0 Å². The smallest absolute Gasteiger partial charge is 0.407 e. The Kier molecular flexibility index (Phi) is 9.05. The Morgan fingerprint density at radius 2 is 1.96 bits per heavy atom. The van der Waals surface area contributed by atoms with Crippen LogP contribution in [-0.4, -0.2) is 46.8 Å². The molecule has 0 aromatic carbocycles. The number of amides is 2. The molecule has 0 aliphatic rings. The van der Waals surface area contributed by atoms with E-state index in [0.29, 0.717) is 25.8 Å². The number of hydrogen-bond donors (Lipinski definition) is 2. The van der Waals surface area contributed by atoms with Crippen LogP contribution in [0.15, 0.2) is 24.4 Å². The Balaban J connectivity index is 2.40. The zero-order valence-electron chi connectivity index (χ0n) is 15.4. The molecule has 0 fully saturated rings. The second-order valence-electron chi connectivity index (χ2n) is 6.77. The van der Waals surface area contributed by atoms with Crippen molar-refractivity contribution in [2.24, 2.45) is 0 Å². The topological polar surface area (TPSA) is 97.4 Å². The van der Waals surface area contributed by atoms with Gasteiger partial charge in [-0.25, -0.2) is 4.79 Å². The molecule has 7 nitrogen and oxygen atoms in total. The Morgan fingerprint density at radius 3 is 2.54 bits per heavy atom. The van der Waals surface area contributed by atoms with Crippen LogP contribution in [-0.2, 0) is 9.53 Å². The minimum Gasteiger partial charge on any atom is -0.444 e. The van der Waals surface area contributed by atoms with Crippen molar-refractivity contribution in [1.82, 2.24) is 15.6 Å². The summed E-state index contributed by atoms with van der Waals surface area (Å²) in [6.45, 7) is 5.79. The minimum absolute atomic E-state index is 0.177. The molecule has 26 heavy (non-hydrogen) atoms. The minimum atomic E-state index is -0.677. The standard InChI is InChI=1S/C18H26ClN3O4/c1-18(2,3)26-17(25)21-11-7-4-8-13(15(23)12-19)22-16(24)14-9-5-6-10-20-14/h5-6,9-10,13H,4,7-8,11-12H2,1-3H3,(H,21,25)(H,22,24)/t13-/m0/s1. The van der Waals surface area contributed by atoms with Crippen molar-refractivity contribution in [2.45, 2.75) is 51.7 Å². The molecule has 0 unspecified atom stereocenters. The highest BCUT2D eigenvalue weighted by molar-refractivity contribution is 6.28. The molecule has 0 aliphatic heterocycles. The number of ketones is 1. The van der Waals surface area contributed by atoms with E-state index < -0.39 is 23.6 Å². The molecule has 0 saturated carbocycles. The van der Waals surface area contributed by atoms with E-state index >= 15 is 0 Å². The number of halogens is 1. The summed E-state index contributed by atoms with van der Waals surface area (Å²) in [4.78, 5) is 39.6. The molecule has 1 atom stereocenters. The van der Waals surface area contributed by atoms with Gasteiger partial charge < -0.3 is 15.4 Å². The third kappa shape index (κ3) is 8.80. The van der Waals surface area contributed by atoms with E-state index in [-0.39, 0.29) is 17.4 Å². The molecule has 1 aromatic rings. The summed E-state index contributed by atoms with van der Waals surface area (Å²) in [5.74, 6) is -0.847. The van der Waals surface area contributed by atoms with Gasteiger partial charge >= 0.3 is 6.09 Å². The van der Waals surface area contributed by atoms with E-state index in [1.807, 2.05) is 0 Å². The van der Waals surface area contributed by atoms with E-state index in [1.54, 1.807) is 39.0 Å². The van der Waals surface area contributed by atoms with Crippen LogP contribution >= 0.6 is 11.6 Å². The summed E-state index contributed by atoms with van der Waals surface area (Å²) in [5.41, 5.74) is -0.302. The van der Waals surface area contributed by atoms with Gasteiger partial charge in [-0.05, 0) is 52.2 Å². The maximum absolute atomic E-state index is 12.1. The first-order chi connectivity index (χ1) is 12.2. The van der Waals surface area contributed by atoms with E-state index in [4.69, 9.17) is 16.3 Å². The molecular weight excluding hydrogens is 358 g/mol. The Bertz CT molecular complexity index is 602. The van der Waals surface area contributed by atoms with Gasteiger partial charge in [-0.1, -0.05) is 6.07 Å². The van der Waals surface area contributed by atoms with Crippen molar-refractivity contribution in [1.29, 1.82) is 0 Å². The Hall–Kier alpha value is -2.15. The molecule has 8 heteroatoms. The van der Waals surface area contributed by atoms with Gasteiger partial charge in [0.05, 0.1) is 11.9 Å². The van der Waals surface area contributed by atoms with Gasteiger partial charge in [-0.15, -0.1) is 11.6 Å². The highest BCUT2D eigenvalue weighted by atomic mass is 35.5. The number of aromatic nitrogens is 1. The van der Waals surface area contributed by atoms with Crippen LogP contribution < -0.4 is 10.6 Å². The van der Waals surface area contributed by atoms with Crippen molar-refractivity contribution in [3.8, 4) is 0 Å². The number of carbonyl (C=O) groups is 3. The molecule has 2 amide bonds. The molecule has 0 bridgehead atoms. The number of Topliss-reactive ketones (excluding diaryl/α,β-unsaturated/α-hetero) is 1. The first-order valence-corrected chi connectivity index (χ1v) is 9.04. The number of pyridine rings is 1. The molecular formula is C18H26ClN3O4. The molecule has 0 spiro atoms. The molecule has 1 aromatic heterocycles. The number of rotatable bonds is 9. The summed E-state index contributed by atoms with van der Waals surface area (Å²) in [6.07, 6.45) is 2.74. The predicted molar refractivity (Wildman–Crippen MR) is 99.3 cm³/mol. The lowest BCUT2D eigenvalue weighted by Crippen LogP contribution is -2.42. The first kappa shape index (κ1) is 21.9. The zero-order chi connectivity index (χ0) is 19.6. The normalized spacial score (nSPS) is 12.2. The van der Waals surface area contributed by atoms with Gasteiger partial charge in [-0.3, -0.25) is 14.6 Å². The van der Waals surface area contributed by atoms with Crippen LogP contribution in [0, 0.1) is 0 Å². The van der Waals surface area contributed by atoms with E-state index in [2.05, 4.69) is 15.6 Å². The fourth-order valence-electron chi connectivity index (χ4n) is 2.11. The molecule has 1 rings (SSSR count). The van der Waals surface area contributed by atoms with Gasteiger partial charge in [-0.2, -0.15) is 0 Å². The van der Waals surface area contributed by atoms with Crippen LogP contribution in [0.3, 0.4) is 0 Å². The second-order valence-corrected chi connectivity index (χ2v) is 7.03. The average Bonchev–Trinajstić information content (AvgIpc) is 2.58. The fourth-order valence-corrected chi connectivity index (χ4v) is 2.30. The maximum atomic E-state index is 12.1. The third-order valence-electron chi connectivity index (χ3n) is 3.31. The van der Waals surface area contributed by atoms with Crippen molar-refractivity contribution in [3.05, 3.63) is 30.1 Å². The molecule has 0 aliphatic carbocycles. The summed E-state index contributed by atoms with van der Waals surface area (Å²) in [7, 11) is 0. The highest BCUT2D eigenvalue weighted by Gasteiger charge is 2.21. The van der Waals surface area contributed by atoms with E-state index in [9.17, 15) is 14.4 Å². The number of hydrogen-bond acceptors (Lipinski definition) is 5. The highest BCUT2D eigenvalue weighted by Crippen LogP contribution is 2.07. The molecule has 144 valence electrons. The molecule has 1 heterocycles. The van der Waals surface area contributed by atoms with Crippen LogP contribution in [0.2, 0.25) is 0 Å². The average molecular weight is 384 g/mol. The summed E-state index contributed by atoms with van der Waals surface area (Å²) < 4.78 is 5.14. The third-order valence-corrected chi connectivity index (χ3v) is 3.57. The van der Waals surface area contributed by atoms with Crippen molar-refractivity contribution in [2.75, 3.05) is 12.4 Å². The lowest BCUT2D eigenvalue weighted by molar-refractivity contribution is -0.118. The van der Waals surface area contributed by atoms with Crippen molar-refractivity contribution in [3.63, 3.8) is 0 Å². The SMILES string of the molecule is CC(C)(C)OC(=O)NCCCC[C@H](NC(=O)c1ccccn1)C(=O)CCl. The largest absolute Gasteiger partial charge is 0.444 e. The quantitative estimate of drug-likeness (QED) is 0.504. The summed E-state index contributed by atoms with van der Waals surface area (Å²) in [6, 6.07) is 4.30. The summed E-state index contributed by atoms with van der Waals surface area (Å²) in [5, 5.41) is 5.32. The predicted octanol–water partition coefficient (Wildman–Crippen LogP) is 2.68. The van der Waals surface area contributed by atoms with Crippen molar-refractivity contribution < 1.29 is 19.1 Å². The fraction of sp³-hybridized carbons (Fsp3) is 0.556. The summed E-state index contributed by atoms with van der Waals surface area (Å²) >= 11 is 5.63. The van der Waals surface area contributed by atoms with Crippen LogP contribution in [0.4, 0.5) is 4.79 Å². The number of ether oxygens (including phenoxy) is 1. The van der Waals surface area contributed by atoms with Crippen LogP contribution in [0.25, 0.3) is 0 Å². The van der Waals surface area contributed by atoms with Gasteiger partial charge in [0.15, 0.2) is 5.78 Å². The molecule has 0 radical (unpaired) electrons. The number of nitrogens with zero attached hydrogens (tertiary/aromatic N) is 1. The zero-order valence-corrected chi connectivity index (χ0v) is 16.1. The lowest BCUT2D eigenvalue weighted by Gasteiger charge is -2.20. The Morgan fingerprint density at radius 1 is 1.23 bits per heavy atom. The van der Waals surface area contributed by atoms with Gasteiger partial charge in [0.2, 0.25) is 0 Å². The van der Waals surface area contributed by atoms with Gasteiger partial charge in [0.25, 0.3) is 5.91 Å². The van der Waals surface area contributed by atoms with Crippen molar-refractivity contribution >= 4 is 29.4 Å².